The molecule has 0 radical (unpaired) electrons. The lowest BCUT2D eigenvalue weighted by Crippen LogP contribution is -2.68. The molecule has 43 heteroatoms. The van der Waals surface area contributed by atoms with Crippen molar-refractivity contribution < 1.29 is 192 Å². The monoisotopic (exact) mass is 1410 g/mol. The van der Waals surface area contributed by atoms with E-state index in [1.54, 1.807) is 6.92 Å². The molecule has 14 bridgehead atoms. The van der Waals surface area contributed by atoms with Gasteiger partial charge >= 0.3 is 6.72 Å². The summed E-state index contributed by atoms with van der Waals surface area (Å²) >= 11 is 5.02. The largest absolute Gasteiger partial charge is 0.424 e. The van der Waals surface area contributed by atoms with Crippen molar-refractivity contribution in [2.75, 3.05) is 60.5 Å². The number of hydrogen-bond acceptors (Lipinski definition) is 41. The fourth-order valence-corrected chi connectivity index (χ4v) is 12.5. The predicted octanol–water partition coefficient (Wildman–Crippen LogP) is -12.4. The first-order chi connectivity index (χ1) is 44.6. The zero-order valence-corrected chi connectivity index (χ0v) is 51.6. The van der Waals surface area contributed by atoms with Crippen molar-refractivity contribution >= 4 is 24.2 Å². The number of nitro groups is 1. The van der Waals surface area contributed by atoms with Crippen molar-refractivity contribution in [3.05, 3.63) is 33.9 Å². The van der Waals surface area contributed by atoms with Crippen LogP contribution in [0.5, 0.6) is 5.75 Å². The van der Waals surface area contributed by atoms with Gasteiger partial charge in [-0.1, -0.05) is 0 Å². The van der Waals surface area contributed by atoms with E-state index in [0.717, 1.165) is 0 Å². The fraction of sp³-hybridized carbons (Fsp3) is 0.882. The van der Waals surface area contributed by atoms with E-state index in [4.69, 9.17) is 91.7 Å². The van der Waals surface area contributed by atoms with E-state index in [1.807, 2.05) is 0 Å². The molecular weight excluding hydrogens is 1330 g/mol. The minimum Gasteiger partial charge on any atom is -0.424 e. The molecule has 0 amide bonds. The van der Waals surface area contributed by atoms with Gasteiger partial charge in [-0.15, -0.1) is 0 Å². The van der Waals surface area contributed by atoms with Crippen LogP contribution in [0.15, 0.2) is 18.2 Å². The van der Waals surface area contributed by atoms with Crippen LogP contribution in [0.1, 0.15) is 5.56 Å². The highest BCUT2D eigenvalue weighted by molar-refractivity contribution is 8.07. The second-order valence-corrected chi connectivity index (χ2v) is 25.9. The lowest BCUT2D eigenvalue weighted by atomic mass is 9.95. The number of ether oxygens (including phenoxy) is 14. The normalized spacial score (nSPS) is 47.4. The smallest absolute Gasteiger partial charge is 0.380 e. The molecule has 21 fully saturated rings. The van der Waals surface area contributed by atoms with Gasteiger partial charge in [-0.05, 0) is 19.1 Å². The van der Waals surface area contributed by atoms with Crippen LogP contribution in [-0.4, -0.2) is 388 Å². The van der Waals surface area contributed by atoms with Crippen molar-refractivity contribution in [1.82, 2.24) is 0 Å². The number of hydrogen-bond donors (Lipinski definition) is 21. The van der Waals surface area contributed by atoms with Crippen LogP contribution in [0.3, 0.4) is 0 Å². The van der Waals surface area contributed by atoms with Crippen LogP contribution in [0.4, 0.5) is 5.69 Å². The zero-order chi connectivity index (χ0) is 69.1. The molecule has 542 valence electrons. The Morgan fingerprint density at radius 3 is 0.713 bits per heavy atom. The highest BCUT2D eigenvalue weighted by Crippen LogP contribution is 2.49. The summed E-state index contributed by atoms with van der Waals surface area (Å²) in [6.45, 7) is -8.51. The average molecular weight is 1410 g/mol. The molecule has 21 aliphatic rings. The summed E-state index contributed by atoms with van der Waals surface area (Å²) in [4.78, 5) is 10.2. The van der Waals surface area contributed by atoms with Gasteiger partial charge in [0.1, 0.15) is 177 Å². The molecule has 0 unspecified atom stereocenters. The Morgan fingerprint density at radius 2 is 0.564 bits per heavy atom. The summed E-state index contributed by atoms with van der Waals surface area (Å²) in [6, 6.07) is 4.34. The third kappa shape index (κ3) is 16.3. The second-order valence-electron chi connectivity index (χ2n) is 22.8. The molecule has 21 heterocycles. The third-order valence-corrected chi connectivity index (χ3v) is 19.3. The molecule has 22 rings (SSSR count). The van der Waals surface area contributed by atoms with Crippen molar-refractivity contribution in [2.24, 2.45) is 0 Å². The number of aliphatic hydroxyl groups is 21. The number of aliphatic hydroxyl groups excluding tert-OH is 21. The van der Waals surface area contributed by atoms with Gasteiger partial charge < -0.3 is 187 Å². The maximum Gasteiger partial charge on any atom is 0.380 e. The number of rotatable bonds is 12. The summed E-state index contributed by atoms with van der Waals surface area (Å²) in [5, 5.41) is 241. The van der Waals surface area contributed by atoms with Crippen LogP contribution in [0.2, 0.25) is 0 Å². The van der Waals surface area contributed by atoms with Crippen LogP contribution < -0.4 is 4.52 Å². The fourth-order valence-electron chi connectivity index (χ4n) is 11.6. The molecule has 0 spiro atoms. The molecule has 21 aliphatic heterocycles. The molecule has 1 aromatic carbocycles. The lowest BCUT2D eigenvalue weighted by molar-refractivity contribution is -0.396. The van der Waals surface area contributed by atoms with Gasteiger partial charge in [0.15, 0.2) is 44.0 Å². The van der Waals surface area contributed by atoms with Crippen molar-refractivity contribution in [3.8, 4) is 5.75 Å². The lowest BCUT2D eigenvalue weighted by Gasteiger charge is -2.50. The molecule has 94 heavy (non-hydrogen) atoms. The first-order valence-corrected chi connectivity index (χ1v) is 31.8. The van der Waals surface area contributed by atoms with Gasteiger partial charge in [-0.25, -0.2) is 0 Å². The molecule has 35 atom stereocenters. The Morgan fingerprint density at radius 1 is 0.372 bits per heavy atom. The van der Waals surface area contributed by atoms with E-state index in [1.165, 1.54) is 32.4 Å². The topological polar surface area (TPSA) is 625 Å². The Hall–Kier alpha value is -2.41. The summed E-state index contributed by atoms with van der Waals surface area (Å²) in [6.07, 6.45) is -70.2. The van der Waals surface area contributed by atoms with E-state index in [-0.39, 0.29) is 5.69 Å². The van der Waals surface area contributed by atoms with Gasteiger partial charge in [0.05, 0.1) is 51.2 Å². The van der Waals surface area contributed by atoms with Gasteiger partial charge in [-0.3, -0.25) is 10.1 Å². The van der Waals surface area contributed by atoms with Gasteiger partial charge in [0, 0.05) is 37.7 Å². The van der Waals surface area contributed by atoms with E-state index in [2.05, 4.69) is 0 Å². The molecule has 41 nitrogen and oxygen atoms in total. The number of nitro benzene ring substituents is 1. The number of benzene rings is 1. The van der Waals surface area contributed by atoms with E-state index in [9.17, 15) is 117 Å². The first kappa shape index (κ1) is 77.3. The SMILES string of the molecule is COP(=S)(OC)Oc1ccc([N+](=O)[O-])c(C)c1.OC[C@H]1O[C@@H]2O[C@H]3[C@H](O)[C@@H](O)[C@@H](O[C@H]4[C@H](O)[C@@H](O)[C@@H](O[C@H]5[C@H](O)[C@@H](O)[C@@H](O[C@H]6[C@H](O)[C@@H](O)[C@@H](O[C@H]7[C@H](O)[C@@H](O)[C@@H](O[C@H]8[C@H](O)[C@@H](O)[C@@H](O[C@H]1[C@H](O)[C@H]2O)O[C@@H]8CO)O[C@@H]7CO)O[C@@H]6CO)O[C@@H]5CO)O[C@@H]4CO)O[C@@H]3CO. The minimum absolute atomic E-state index is 0.0282. The summed E-state index contributed by atoms with van der Waals surface area (Å²) < 4.78 is 94.7. The Balaban J connectivity index is 0.000000579. The Labute approximate surface area is 536 Å². The molecular formula is C51H82NO40PS. The number of nitrogens with zero attached hydrogens (tertiary/aromatic N) is 1. The minimum atomic E-state index is -2.80. The van der Waals surface area contributed by atoms with Crippen molar-refractivity contribution in [3.63, 3.8) is 0 Å². The molecule has 21 saturated heterocycles. The molecule has 0 aliphatic carbocycles. The molecule has 0 aromatic heterocycles. The van der Waals surface area contributed by atoms with Crippen molar-refractivity contribution in [2.45, 2.75) is 222 Å². The number of aryl methyl sites for hydroxylation is 1. The van der Waals surface area contributed by atoms with E-state index in [0.29, 0.717) is 11.3 Å². The summed E-state index contributed by atoms with van der Waals surface area (Å²) in [5.41, 5.74) is 0.516. The first-order valence-electron chi connectivity index (χ1n) is 29.2. The average Bonchev–Trinajstić information content (AvgIpc) is 0.781. The third-order valence-electron chi connectivity index (χ3n) is 16.8. The van der Waals surface area contributed by atoms with Crippen LogP contribution in [0.25, 0.3) is 0 Å². The Bertz CT molecular complexity index is 2230. The quantitative estimate of drug-likeness (QED) is 0.0525. The van der Waals surface area contributed by atoms with Crippen LogP contribution in [-0.2, 0) is 87.2 Å². The van der Waals surface area contributed by atoms with Gasteiger partial charge in [-0.2, -0.15) is 0 Å². The molecule has 0 saturated carbocycles. The van der Waals surface area contributed by atoms with E-state index >= 15 is 0 Å². The van der Waals surface area contributed by atoms with Crippen LogP contribution in [0, 0.1) is 17.0 Å². The standard InChI is InChI=1S/C42H70O35.C9H12NO5PS/c43-1-8-29-15(50)22(57)36(64-8)72-30-9(2-44)66-38(24(59)17(30)52)74-32-11(4-46)68-40(26(61)19(32)54)76-34-13(6-48)70-42(28(63)21(34)56)77-35-14(7-49)69-41(27(62)20(35)55)75-33-12(5-47)67-39(25(60)18(33)53)73-31-10(3-45)65-37(71-29)23(58)16(31)51;1-7-6-8(4-5-9(7)10(11)12)15-16(17,13-2)14-3/h8-63H,1-7H2;4-6H,1-3H3/t8-,9-,10-,11-,12-,13-,14-,15-,16-,17-,18-,19-,20-,21-,22-,23-,24-,25-,26-,27-,28-,29-,30-,31-,32-,33-,34-,35-,36-,37-,38-,39-,40-,41-,42-;/m1./s1. The summed E-state index contributed by atoms with van der Waals surface area (Å²) in [7, 11) is 2.78. The van der Waals surface area contributed by atoms with Gasteiger partial charge in [0.2, 0.25) is 0 Å². The highest BCUT2D eigenvalue weighted by Gasteiger charge is 2.59. The Kier molecular flexibility index (Phi) is 27.5. The molecule has 1 aromatic rings. The maximum atomic E-state index is 11.3. The maximum absolute atomic E-state index is 11.3. The van der Waals surface area contributed by atoms with Crippen molar-refractivity contribution in [1.29, 1.82) is 0 Å². The highest BCUT2D eigenvalue weighted by atomic mass is 32.5. The predicted molar refractivity (Wildman–Crippen MR) is 295 cm³/mol. The zero-order valence-electron chi connectivity index (χ0n) is 49.8. The van der Waals surface area contributed by atoms with Gasteiger partial charge in [0.25, 0.3) is 5.69 Å². The van der Waals surface area contributed by atoms with E-state index < -0.39 is 273 Å². The van der Waals surface area contributed by atoms with Crippen LogP contribution >= 0.6 is 6.72 Å². The molecule has 21 N–H and O–H groups in total. The summed E-state index contributed by atoms with van der Waals surface area (Å²) in [5.74, 6) is 0.389. The second kappa shape index (κ2) is 33.4.